The molecule has 1 saturated heterocycles. The third kappa shape index (κ3) is 4.99. The number of nitrogens with zero attached hydrogens (tertiary/aromatic N) is 2. The van der Waals surface area contributed by atoms with Crippen molar-refractivity contribution in [1.82, 2.24) is 10.2 Å². The van der Waals surface area contributed by atoms with Gasteiger partial charge >= 0.3 is 0 Å². The molecule has 1 heterocycles. The van der Waals surface area contributed by atoms with Gasteiger partial charge in [0, 0.05) is 49.7 Å². The van der Waals surface area contributed by atoms with Crippen LogP contribution in [0.1, 0.15) is 22.3 Å². The number of carbonyl (C=O) groups is 1. The fourth-order valence-electron chi connectivity index (χ4n) is 3.34. The lowest BCUT2D eigenvalue weighted by Gasteiger charge is -2.36. The molecule has 0 atom stereocenters. The van der Waals surface area contributed by atoms with Crippen LogP contribution in [0.4, 0.5) is 11.4 Å². The number of nitrogen functional groups attached to an aromatic ring is 1. The second-order valence-electron chi connectivity index (χ2n) is 6.90. The van der Waals surface area contributed by atoms with Crippen molar-refractivity contribution in [2.45, 2.75) is 13.3 Å². The van der Waals surface area contributed by atoms with Gasteiger partial charge in [0.25, 0.3) is 5.91 Å². The number of rotatable bonds is 6. The molecular formula is C21H28N4O. The molecule has 1 fully saturated rings. The molecule has 0 aliphatic carbocycles. The van der Waals surface area contributed by atoms with Crippen molar-refractivity contribution in [3.05, 3.63) is 59.7 Å². The molecule has 0 aromatic heterocycles. The lowest BCUT2D eigenvalue weighted by molar-refractivity contribution is 0.0951. The Bertz CT molecular complexity index is 738. The number of hydrogen-bond acceptors (Lipinski definition) is 4. The van der Waals surface area contributed by atoms with Crippen molar-refractivity contribution in [1.29, 1.82) is 0 Å². The first-order chi connectivity index (χ1) is 12.6. The maximum Gasteiger partial charge on any atom is 0.251 e. The summed E-state index contributed by atoms with van der Waals surface area (Å²) in [5.41, 5.74) is 9.58. The number of amides is 1. The third-order valence-electron chi connectivity index (χ3n) is 4.82. The molecular weight excluding hydrogens is 324 g/mol. The Morgan fingerprint density at radius 2 is 1.85 bits per heavy atom. The van der Waals surface area contributed by atoms with Crippen LogP contribution in [0.25, 0.3) is 0 Å². The van der Waals surface area contributed by atoms with Crippen molar-refractivity contribution in [2.24, 2.45) is 0 Å². The van der Waals surface area contributed by atoms with Gasteiger partial charge in [-0.05, 0) is 55.8 Å². The molecule has 5 nitrogen and oxygen atoms in total. The standard InChI is InChI=1S/C21H28N4O/c1-17-5-2-8-20(15-17)25-13-11-24(12-14-25)10-4-9-23-21(26)18-6-3-7-19(22)16-18/h2-3,5-8,15-16H,4,9-14,22H2,1H3,(H,23,26). The number of piperazine rings is 1. The quantitative estimate of drug-likeness (QED) is 0.619. The summed E-state index contributed by atoms with van der Waals surface area (Å²) in [7, 11) is 0. The first kappa shape index (κ1) is 18.3. The monoisotopic (exact) mass is 352 g/mol. The van der Waals surface area contributed by atoms with Gasteiger partial charge in [0.05, 0.1) is 0 Å². The van der Waals surface area contributed by atoms with Gasteiger partial charge < -0.3 is 16.0 Å². The predicted octanol–water partition coefficient (Wildman–Crippen LogP) is 2.52. The average molecular weight is 352 g/mol. The summed E-state index contributed by atoms with van der Waals surface area (Å²) in [5.74, 6) is -0.0541. The van der Waals surface area contributed by atoms with Gasteiger partial charge in [-0.15, -0.1) is 0 Å². The molecule has 26 heavy (non-hydrogen) atoms. The third-order valence-corrected chi connectivity index (χ3v) is 4.82. The Labute approximate surface area is 155 Å². The largest absolute Gasteiger partial charge is 0.399 e. The summed E-state index contributed by atoms with van der Waals surface area (Å²) in [6, 6.07) is 15.8. The molecule has 1 aliphatic heterocycles. The second-order valence-corrected chi connectivity index (χ2v) is 6.90. The Morgan fingerprint density at radius 3 is 2.58 bits per heavy atom. The highest BCUT2D eigenvalue weighted by molar-refractivity contribution is 5.94. The summed E-state index contributed by atoms with van der Waals surface area (Å²) in [6.45, 7) is 8.08. The number of nitrogens with two attached hydrogens (primary N) is 1. The highest BCUT2D eigenvalue weighted by Gasteiger charge is 2.16. The molecule has 2 aromatic carbocycles. The van der Waals surface area contributed by atoms with Crippen molar-refractivity contribution < 1.29 is 4.79 Å². The Morgan fingerprint density at radius 1 is 1.08 bits per heavy atom. The van der Waals surface area contributed by atoms with Crippen LogP contribution in [-0.4, -0.2) is 50.1 Å². The average Bonchev–Trinajstić information content (AvgIpc) is 2.65. The molecule has 0 radical (unpaired) electrons. The van der Waals surface area contributed by atoms with E-state index in [1.54, 1.807) is 24.3 Å². The van der Waals surface area contributed by atoms with E-state index in [9.17, 15) is 4.79 Å². The van der Waals surface area contributed by atoms with E-state index in [-0.39, 0.29) is 5.91 Å². The zero-order valence-electron chi connectivity index (χ0n) is 15.4. The predicted molar refractivity (Wildman–Crippen MR) is 108 cm³/mol. The second kappa shape index (κ2) is 8.72. The molecule has 3 N–H and O–H groups in total. The summed E-state index contributed by atoms with van der Waals surface area (Å²) in [5, 5.41) is 2.98. The maximum atomic E-state index is 12.1. The molecule has 138 valence electrons. The SMILES string of the molecule is Cc1cccc(N2CCN(CCCNC(=O)c3cccc(N)c3)CC2)c1. The lowest BCUT2D eigenvalue weighted by Crippen LogP contribution is -2.47. The summed E-state index contributed by atoms with van der Waals surface area (Å²) < 4.78 is 0. The number of aryl methyl sites for hydroxylation is 1. The van der Waals surface area contributed by atoms with Crippen LogP contribution in [0, 0.1) is 6.92 Å². The zero-order valence-corrected chi connectivity index (χ0v) is 15.4. The van der Waals surface area contributed by atoms with Crippen molar-refractivity contribution >= 4 is 17.3 Å². The van der Waals surface area contributed by atoms with E-state index in [2.05, 4.69) is 46.3 Å². The van der Waals surface area contributed by atoms with Gasteiger partial charge in [0.1, 0.15) is 0 Å². The topological polar surface area (TPSA) is 61.6 Å². The molecule has 0 unspecified atom stereocenters. The van der Waals surface area contributed by atoms with E-state index in [1.807, 2.05) is 0 Å². The van der Waals surface area contributed by atoms with Crippen LogP contribution in [0.5, 0.6) is 0 Å². The van der Waals surface area contributed by atoms with E-state index in [0.717, 1.165) is 39.1 Å². The number of nitrogens with one attached hydrogen (secondary N) is 1. The first-order valence-electron chi connectivity index (χ1n) is 9.29. The first-order valence-corrected chi connectivity index (χ1v) is 9.29. The molecule has 5 heteroatoms. The van der Waals surface area contributed by atoms with E-state index in [1.165, 1.54) is 11.3 Å². The zero-order chi connectivity index (χ0) is 18.4. The highest BCUT2D eigenvalue weighted by atomic mass is 16.1. The van der Waals surface area contributed by atoms with Crippen molar-refractivity contribution in [3.63, 3.8) is 0 Å². The molecule has 0 bridgehead atoms. The van der Waals surface area contributed by atoms with Gasteiger partial charge in [0.2, 0.25) is 0 Å². The van der Waals surface area contributed by atoms with E-state index in [4.69, 9.17) is 5.73 Å². The number of hydrogen-bond donors (Lipinski definition) is 2. The van der Waals surface area contributed by atoms with E-state index in [0.29, 0.717) is 17.8 Å². The van der Waals surface area contributed by atoms with Gasteiger partial charge in [-0.1, -0.05) is 18.2 Å². The summed E-state index contributed by atoms with van der Waals surface area (Å²) >= 11 is 0. The van der Waals surface area contributed by atoms with Crippen molar-refractivity contribution in [2.75, 3.05) is 49.9 Å². The van der Waals surface area contributed by atoms with Crippen molar-refractivity contribution in [3.8, 4) is 0 Å². The minimum atomic E-state index is -0.0541. The highest BCUT2D eigenvalue weighted by Crippen LogP contribution is 2.17. The Kier molecular flexibility index (Phi) is 6.12. The van der Waals surface area contributed by atoms with Crippen LogP contribution in [-0.2, 0) is 0 Å². The van der Waals surface area contributed by atoms with Crippen LogP contribution in [0.2, 0.25) is 0 Å². The van der Waals surface area contributed by atoms with Gasteiger partial charge in [-0.25, -0.2) is 0 Å². The summed E-state index contributed by atoms with van der Waals surface area (Å²) in [4.78, 5) is 17.0. The molecule has 0 spiro atoms. The lowest BCUT2D eigenvalue weighted by atomic mass is 10.2. The fraction of sp³-hybridized carbons (Fsp3) is 0.381. The number of carbonyl (C=O) groups excluding carboxylic acids is 1. The molecule has 1 amide bonds. The molecule has 0 saturated carbocycles. The van der Waals surface area contributed by atoms with Crippen LogP contribution in [0.15, 0.2) is 48.5 Å². The Balaban J connectivity index is 1.36. The summed E-state index contributed by atoms with van der Waals surface area (Å²) in [6.07, 6.45) is 0.957. The van der Waals surface area contributed by atoms with Crippen LogP contribution in [0.3, 0.4) is 0 Å². The molecule has 1 aliphatic rings. The normalized spacial score (nSPS) is 15.0. The van der Waals surface area contributed by atoms with Gasteiger partial charge in [-0.2, -0.15) is 0 Å². The molecule has 3 rings (SSSR count). The maximum absolute atomic E-state index is 12.1. The minimum Gasteiger partial charge on any atom is -0.399 e. The van der Waals surface area contributed by atoms with Crippen LogP contribution < -0.4 is 16.0 Å². The fourth-order valence-corrected chi connectivity index (χ4v) is 3.34. The van der Waals surface area contributed by atoms with Gasteiger partial charge in [-0.3, -0.25) is 9.69 Å². The number of anilines is 2. The smallest absolute Gasteiger partial charge is 0.251 e. The minimum absolute atomic E-state index is 0.0541. The Hall–Kier alpha value is -2.53. The van der Waals surface area contributed by atoms with E-state index >= 15 is 0 Å². The van der Waals surface area contributed by atoms with Crippen LogP contribution >= 0.6 is 0 Å². The van der Waals surface area contributed by atoms with Gasteiger partial charge in [0.15, 0.2) is 0 Å². The molecule has 2 aromatic rings. The van der Waals surface area contributed by atoms with E-state index < -0.39 is 0 Å². The number of benzene rings is 2.